The van der Waals surface area contributed by atoms with Crippen LogP contribution in [-0.2, 0) is 9.59 Å². The normalized spacial score (nSPS) is 11.8. The zero-order valence-corrected chi connectivity index (χ0v) is 12.6. The first-order valence-electron chi connectivity index (χ1n) is 6.45. The predicted molar refractivity (Wildman–Crippen MR) is 80.8 cm³/mol. The highest BCUT2D eigenvalue weighted by atomic mass is 35.5. The van der Waals surface area contributed by atoms with Crippen molar-refractivity contribution in [3.8, 4) is 0 Å². The van der Waals surface area contributed by atoms with E-state index in [9.17, 15) is 9.59 Å². The molecule has 1 aromatic carbocycles. The zero-order chi connectivity index (χ0) is 15.1. The van der Waals surface area contributed by atoms with Gasteiger partial charge in [-0.05, 0) is 18.1 Å². The van der Waals surface area contributed by atoms with E-state index in [2.05, 4.69) is 16.0 Å². The van der Waals surface area contributed by atoms with Gasteiger partial charge in [0.1, 0.15) is 6.04 Å². The van der Waals surface area contributed by atoms with Crippen molar-refractivity contribution in [3.05, 3.63) is 29.3 Å². The van der Waals surface area contributed by atoms with E-state index in [4.69, 9.17) is 11.6 Å². The summed E-state index contributed by atoms with van der Waals surface area (Å²) in [6.07, 6.45) is 0. The van der Waals surface area contributed by atoms with Crippen molar-refractivity contribution >= 4 is 29.1 Å². The highest BCUT2D eigenvalue weighted by molar-refractivity contribution is 6.33. The second kappa shape index (κ2) is 7.75. The topological polar surface area (TPSA) is 70.2 Å². The minimum absolute atomic E-state index is 0.0132. The second-order valence-electron chi connectivity index (χ2n) is 4.74. The summed E-state index contributed by atoms with van der Waals surface area (Å²) in [5.74, 6) is -0.447. The fraction of sp³-hybridized carbons (Fsp3) is 0.429. The van der Waals surface area contributed by atoms with Gasteiger partial charge in [0.25, 0.3) is 0 Å². The van der Waals surface area contributed by atoms with E-state index >= 15 is 0 Å². The van der Waals surface area contributed by atoms with Crippen LogP contribution < -0.4 is 16.0 Å². The molecule has 0 spiro atoms. The number of likely N-dealkylation sites (N-methyl/N-ethyl adjacent to an activating group) is 1. The molecule has 0 radical (unpaired) electrons. The Labute approximate surface area is 124 Å². The molecule has 0 aliphatic rings. The summed E-state index contributed by atoms with van der Waals surface area (Å²) >= 11 is 5.98. The average Bonchev–Trinajstić information content (AvgIpc) is 2.42. The predicted octanol–water partition coefficient (Wildman–Crippen LogP) is 1.64. The highest BCUT2D eigenvalue weighted by Crippen LogP contribution is 2.19. The molecule has 20 heavy (non-hydrogen) atoms. The Morgan fingerprint density at radius 2 is 1.90 bits per heavy atom. The van der Waals surface area contributed by atoms with Gasteiger partial charge >= 0.3 is 0 Å². The first kappa shape index (κ1) is 16.3. The van der Waals surface area contributed by atoms with Gasteiger partial charge in [0.05, 0.1) is 17.3 Å². The number of rotatable bonds is 6. The van der Waals surface area contributed by atoms with E-state index in [-0.39, 0.29) is 24.3 Å². The third-order valence-corrected chi connectivity index (χ3v) is 3.15. The Kier molecular flexibility index (Phi) is 6.31. The Morgan fingerprint density at radius 3 is 2.45 bits per heavy atom. The van der Waals surface area contributed by atoms with Gasteiger partial charge in [-0.3, -0.25) is 9.59 Å². The Hall–Kier alpha value is -1.75. The van der Waals surface area contributed by atoms with Gasteiger partial charge in [-0.15, -0.1) is 0 Å². The monoisotopic (exact) mass is 297 g/mol. The van der Waals surface area contributed by atoms with E-state index in [1.165, 1.54) is 0 Å². The lowest BCUT2D eigenvalue weighted by molar-refractivity contribution is -0.129. The van der Waals surface area contributed by atoms with Crippen LogP contribution in [-0.4, -0.2) is 31.4 Å². The summed E-state index contributed by atoms with van der Waals surface area (Å²) in [5, 5.41) is 8.73. The van der Waals surface area contributed by atoms with Crippen molar-refractivity contribution in [3.63, 3.8) is 0 Å². The highest BCUT2D eigenvalue weighted by Gasteiger charge is 2.22. The van der Waals surface area contributed by atoms with Crippen molar-refractivity contribution in [2.24, 2.45) is 5.92 Å². The van der Waals surface area contributed by atoms with Crippen molar-refractivity contribution in [2.45, 2.75) is 19.9 Å². The number of anilines is 1. The van der Waals surface area contributed by atoms with Crippen LogP contribution >= 0.6 is 11.6 Å². The molecule has 0 aromatic heterocycles. The quantitative estimate of drug-likeness (QED) is 0.747. The van der Waals surface area contributed by atoms with Crippen LogP contribution in [0.25, 0.3) is 0 Å². The van der Waals surface area contributed by atoms with Crippen LogP contribution in [0.5, 0.6) is 0 Å². The van der Waals surface area contributed by atoms with Gasteiger partial charge < -0.3 is 16.0 Å². The number of amides is 2. The van der Waals surface area contributed by atoms with Gasteiger partial charge in [0, 0.05) is 7.05 Å². The summed E-state index contributed by atoms with van der Waals surface area (Å²) in [7, 11) is 1.55. The molecule has 0 saturated heterocycles. The number of hydrogen-bond acceptors (Lipinski definition) is 3. The average molecular weight is 298 g/mol. The Morgan fingerprint density at radius 1 is 1.25 bits per heavy atom. The molecule has 0 fully saturated rings. The molecule has 0 heterocycles. The molecule has 1 rings (SSSR count). The Balaban J connectivity index is 2.55. The minimum atomic E-state index is -0.541. The standard InChI is InChI=1S/C14H20ClN3O2/c1-9(2)13(14(20)16-3)18-12(19)8-17-11-7-5-4-6-10(11)15/h4-7,9,13,17H,8H2,1-3H3,(H,16,20)(H,18,19)/t13-/m1/s1. The number of para-hydroxylation sites is 1. The molecule has 0 aliphatic heterocycles. The molecule has 110 valence electrons. The van der Waals surface area contributed by atoms with Gasteiger partial charge in [0.15, 0.2) is 0 Å². The molecule has 5 nitrogen and oxygen atoms in total. The number of nitrogens with one attached hydrogen (secondary N) is 3. The molecule has 2 amide bonds. The SMILES string of the molecule is CNC(=O)[C@H](NC(=O)CNc1ccccc1Cl)C(C)C. The van der Waals surface area contributed by atoms with E-state index in [0.717, 1.165) is 0 Å². The van der Waals surface area contributed by atoms with Crippen molar-refractivity contribution < 1.29 is 9.59 Å². The maximum atomic E-state index is 11.9. The zero-order valence-electron chi connectivity index (χ0n) is 11.9. The number of hydrogen-bond donors (Lipinski definition) is 3. The van der Waals surface area contributed by atoms with E-state index in [1.807, 2.05) is 26.0 Å². The van der Waals surface area contributed by atoms with Gasteiger partial charge in [-0.25, -0.2) is 0 Å². The second-order valence-corrected chi connectivity index (χ2v) is 5.14. The fourth-order valence-electron chi connectivity index (χ4n) is 1.70. The fourth-order valence-corrected chi connectivity index (χ4v) is 1.90. The summed E-state index contributed by atoms with van der Waals surface area (Å²) < 4.78 is 0. The number of halogens is 1. The van der Waals surface area contributed by atoms with E-state index in [1.54, 1.807) is 19.2 Å². The van der Waals surface area contributed by atoms with Crippen molar-refractivity contribution in [1.29, 1.82) is 0 Å². The lowest BCUT2D eigenvalue weighted by Crippen LogP contribution is -2.50. The molecule has 0 saturated carbocycles. The minimum Gasteiger partial charge on any atom is -0.375 e. The van der Waals surface area contributed by atoms with Crippen LogP contribution in [0, 0.1) is 5.92 Å². The summed E-state index contributed by atoms with van der Waals surface area (Å²) in [6, 6.07) is 6.62. The van der Waals surface area contributed by atoms with Crippen LogP contribution in [0.15, 0.2) is 24.3 Å². The molecule has 6 heteroatoms. The summed E-state index contributed by atoms with van der Waals surface area (Å²) in [6.45, 7) is 3.81. The van der Waals surface area contributed by atoms with Gasteiger partial charge in [-0.2, -0.15) is 0 Å². The first-order chi connectivity index (χ1) is 9.45. The molecule has 0 unspecified atom stereocenters. The van der Waals surface area contributed by atoms with Crippen LogP contribution in [0.4, 0.5) is 5.69 Å². The first-order valence-corrected chi connectivity index (χ1v) is 6.83. The van der Waals surface area contributed by atoms with Crippen LogP contribution in [0.3, 0.4) is 0 Å². The van der Waals surface area contributed by atoms with Gasteiger partial charge in [-0.1, -0.05) is 37.6 Å². The van der Waals surface area contributed by atoms with Crippen LogP contribution in [0.1, 0.15) is 13.8 Å². The molecule has 1 atom stereocenters. The van der Waals surface area contributed by atoms with Crippen LogP contribution in [0.2, 0.25) is 5.02 Å². The molecule has 3 N–H and O–H groups in total. The maximum Gasteiger partial charge on any atom is 0.242 e. The Bertz CT molecular complexity index is 477. The number of carbonyl (C=O) groups excluding carboxylic acids is 2. The molecule has 0 aliphatic carbocycles. The van der Waals surface area contributed by atoms with Crippen molar-refractivity contribution in [2.75, 3.05) is 18.9 Å². The van der Waals surface area contributed by atoms with Crippen molar-refractivity contribution in [1.82, 2.24) is 10.6 Å². The molecular weight excluding hydrogens is 278 g/mol. The summed E-state index contributed by atoms with van der Waals surface area (Å²) in [4.78, 5) is 23.5. The lowest BCUT2D eigenvalue weighted by Gasteiger charge is -2.21. The lowest BCUT2D eigenvalue weighted by atomic mass is 10.0. The number of benzene rings is 1. The smallest absolute Gasteiger partial charge is 0.242 e. The third-order valence-electron chi connectivity index (χ3n) is 2.83. The van der Waals surface area contributed by atoms with Gasteiger partial charge in [0.2, 0.25) is 11.8 Å². The van der Waals surface area contributed by atoms with E-state index in [0.29, 0.717) is 10.7 Å². The van der Waals surface area contributed by atoms with E-state index < -0.39 is 6.04 Å². The maximum absolute atomic E-state index is 11.9. The largest absolute Gasteiger partial charge is 0.375 e. The number of carbonyl (C=O) groups is 2. The molecular formula is C14H20ClN3O2. The third kappa shape index (κ3) is 4.74. The molecule has 1 aromatic rings. The molecule has 0 bridgehead atoms. The summed E-state index contributed by atoms with van der Waals surface area (Å²) in [5.41, 5.74) is 0.686.